The lowest BCUT2D eigenvalue weighted by Gasteiger charge is -2.31. The third-order valence-electron chi connectivity index (χ3n) is 3.76. The first-order valence-corrected chi connectivity index (χ1v) is 7.39. The van der Waals surface area contributed by atoms with Crippen LogP contribution < -0.4 is 10.1 Å². The number of carbonyl (C=O) groups excluding carboxylic acids is 2. The second-order valence-electron chi connectivity index (χ2n) is 5.47. The highest BCUT2D eigenvalue weighted by molar-refractivity contribution is 5.98. The Kier molecular flexibility index (Phi) is 5.49. The highest BCUT2D eigenvalue weighted by Gasteiger charge is 2.21. The summed E-state index contributed by atoms with van der Waals surface area (Å²) in [5.74, 6) is -0.744. The van der Waals surface area contributed by atoms with E-state index in [9.17, 15) is 14.0 Å². The molecule has 6 heteroatoms. The maximum Gasteiger partial charge on any atom is 0.223 e. The second-order valence-corrected chi connectivity index (χ2v) is 5.47. The van der Waals surface area contributed by atoms with Crippen molar-refractivity contribution in [3.05, 3.63) is 29.6 Å². The van der Waals surface area contributed by atoms with E-state index in [2.05, 4.69) is 5.32 Å². The number of halogens is 1. The third-order valence-corrected chi connectivity index (χ3v) is 3.76. The minimum Gasteiger partial charge on any atom is -0.494 e. The lowest BCUT2D eigenvalue weighted by molar-refractivity contribution is -0.132. The van der Waals surface area contributed by atoms with E-state index in [4.69, 9.17) is 4.74 Å². The van der Waals surface area contributed by atoms with Gasteiger partial charge in [-0.15, -0.1) is 0 Å². The number of hydrogen-bond donors (Lipinski definition) is 1. The zero-order valence-corrected chi connectivity index (χ0v) is 12.9. The molecule has 1 aromatic rings. The van der Waals surface area contributed by atoms with E-state index in [-0.39, 0.29) is 41.9 Å². The van der Waals surface area contributed by atoms with Gasteiger partial charge in [-0.1, -0.05) is 0 Å². The van der Waals surface area contributed by atoms with E-state index in [0.717, 1.165) is 12.6 Å². The molecule has 1 saturated heterocycles. The monoisotopic (exact) mass is 308 g/mol. The number of hydrogen-bond acceptors (Lipinski definition) is 4. The molecule has 1 aliphatic heterocycles. The molecule has 1 atom stereocenters. The first-order chi connectivity index (χ1) is 10.5. The Balaban J connectivity index is 1.89. The summed E-state index contributed by atoms with van der Waals surface area (Å²) in [4.78, 5) is 25.9. The molecule has 22 heavy (non-hydrogen) atoms. The van der Waals surface area contributed by atoms with Gasteiger partial charge in [-0.25, -0.2) is 4.39 Å². The Morgan fingerprint density at radius 3 is 2.82 bits per heavy atom. The van der Waals surface area contributed by atoms with Crippen molar-refractivity contribution < 1.29 is 18.7 Å². The second kappa shape index (κ2) is 7.35. The van der Waals surface area contributed by atoms with E-state index >= 15 is 0 Å². The van der Waals surface area contributed by atoms with Gasteiger partial charge in [0.25, 0.3) is 0 Å². The van der Waals surface area contributed by atoms with Gasteiger partial charge in [-0.2, -0.15) is 0 Å². The van der Waals surface area contributed by atoms with Crippen molar-refractivity contribution in [1.29, 1.82) is 0 Å². The molecule has 0 aliphatic carbocycles. The summed E-state index contributed by atoms with van der Waals surface area (Å²) in [6.45, 7) is 4.11. The van der Waals surface area contributed by atoms with Crippen molar-refractivity contribution in [3.8, 4) is 5.75 Å². The average molecular weight is 308 g/mol. The quantitative estimate of drug-likeness (QED) is 0.840. The molecule has 2 rings (SSSR count). The van der Waals surface area contributed by atoms with Gasteiger partial charge in [0.1, 0.15) is 0 Å². The van der Waals surface area contributed by atoms with Crippen LogP contribution in [0.5, 0.6) is 5.75 Å². The molecular weight excluding hydrogens is 287 g/mol. The van der Waals surface area contributed by atoms with Crippen molar-refractivity contribution >= 4 is 11.7 Å². The molecule has 0 radical (unpaired) electrons. The smallest absolute Gasteiger partial charge is 0.223 e. The van der Waals surface area contributed by atoms with Gasteiger partial charge in [0.2, 0.25) is 5.91 Å². The molecule has 1 fully saturated rings. The standard InChI is InChI=1S/C16H21FN2O3/c1-11-10-19(8-7-18-11)16(21)6-4-14(20)12-3-5-15(22-2)13(17)9-12/h3,5,9,11,18H,4,6-8,10H2,1-2H3/t11-/m1/s1. The van der Waals surface area contributed by atoms with Crippen molar-refractivity contribution in [1.82, 2.24) is 10.2 Å². The van der Waals surface area contributed by atoms with Gasteiger partial charge in [0.15, 0.2) is 17.3 Å². The lowest BCUT2D eigenvalue weighted by Crippen LogP contribution is -2.51. The molecular formula is C16H21FN2O3. The van der Waals surface area contributed by atoms with Crippen LogP contribution in [-0.2, 0) is 4.79 Å². The average Bonchev–Trinajstić information content (AvgIpc) is 2.52. The van der Waals surface area contributed by atoms with E-state index in [1.165, 1.54) is 19.2 Å². The number of nitrogens with one attached hydrogen (secondary N) is 1. The van der Waals surface area contributed by atoms with Gasteiger partial charge >= 0.3 is 0 Å². The molecule has 0 saturated carbocycles. The maximum absolute atomic E-state index is 13.6. The zero-order chi connectivity index (χ0) is 16.1. The molecule has 0 bridgehead atoms. The number of amides is 1. The summed E-state index contributed by atoms with van der Waals surface area (Å²) < 4.78 is 18.4. The van der Waals surface area contributed by atoms with Crippen LogP contribution in [0.25, 0.3) is 0 Å². The van der Waals surface area contributed by atoms with E-state index in [1.807, 2.05) is 6.92 Å². The van der Waals surface area contributed by atoms with E-state index in [0.29, 0.717) is 13.1 Å². The fourth-order valence-corrected chi connectivity index (χ4v) is 2.52. The van der Waals surface area contributed by atoms with Crippen LogP contribution in [0, 0.1) is 5.82 Å². The Hall–Kier alpha value is -1.95. The largest absolute Gasteiger partial charge is 0.494 e. The summed E-state index contributed by atoms with van der Waals surface area (Å²) >= 11 is 0. The lowest BCUT2D eigenvalue weighted by atomic mass is 10.1. The number of Topliss-reactive ketones (excluding diaryl/α,β-unsaturated/α-hetero) is 1. The number of ether oxygens (including phenoxy) is 1. The summed E-state index contributed by atoms with van der Waals surface area (Å²) in [6, 6.07) is 4.35. The number of benzene rings is 1. The van der Waals surface area contributed by atoms with Gasteiger partial charge in [-0.05, 0) is 25.1 Å². The molecule has 1 aliphatic rings. The zero-order valence-electron chi connectivity index (χ0n) is 12.9. The van der Waals surface area contributed by atoms with Crippen LogP contribution in [0.3, 0.4) is 0 Å². The number of carbonyl (C=O) groups is 2. The number of methoxy groups -OCH3 is 1. The Labute approximate surface area is 129 Å². The molecule has 0 aromatic heterocycles. The van der Waals surface area contributed by atoms with Gasteiger partial charge < -0.3 is 15.0 Å². The minimum atomic E-state index is -0.574. The fourth-order valence-electron chi connectivity index (χ4n) is 2.52. The Morgan fingerprint density at radius 2 is 2.18 bits per heavy atom. The number of nitrogens with zero attached hydrogens (tertiary/aromatic N) is 1. The van der Waals surface area contributed by atoms with Crippen molar-refractivity contribution in [2.45, 2.75) is 25.8 Å². The van der Waals surface area contributed by atoms with Crippen LogP contribution >= 0.6 is 0 Å². The summed E-state index contributed by atoms with van der Waals surface area (Å²) in [5.41, 5.74) is 0.264. The Bertz CT molecular complexity index is 562. The van der Waals surface area contributed by atoms with Crippen LogP contribution in [0.15, 0.2) is 18.2 Å². The molecule has 1 heterocycles. The maximum atomic E-state index is 13.6. The molecule has 1 amide bonds. The van der Waals surface area contributed by atoms with Crippen LogP contribution in [0.1, 0.15) is 30.1 Å². The molecule has 120 valence electrons. The SMILES string of the molecule is COc1ccc(C(=O)CCC(=O)N2CCN[C@H](C)C2)cc1F. The van der Waals surface area contributed by atoms with Crippen molar-refractivity contribution in [3.63, 3.8) is 0 Å². The van der Waals surface area contributed by atoms with Gasteiger partial charge in [-0.3, -0.25) is 9.59 Å². The summed E-state index contributed by atoms with van der Waals surface area (Å²) in [6.07, 6.45) is 0.238. The molecule has 1 N–H and O–H groups in total. The molecule has 0 unspecified atom stereocenters. The topological polar surface area (TPSA) is 58.6 Å². The number of piperazine rings is 1. The predicted molar refractivity (Wildman–Crippen MR) is 80.6 cm³/mol. The van der Waals surface area contributed by atoms with E-state index in [1.54, 1.807) is 4.90 Å². The van der Waals surface area contributed by atoms with Gasteiger partial charge in [0, 0.05) is 44.1 Å². The number of rotatable bonds is 5. The normalized spacial score (nSPS) is 18.1. The van der Waals surface area contributed by atoms with E-state index < -0.39 is 5.82 Å². The fraction of sp³-hybridized carbons (Fsp3) is 0.500. The highest BCUT2D eigenvalue weighted by atomic mass is 19.1. The highest BCUT2D eigenvalue weighted by Crippen LogP contribution is 2.19. The van der Waals surface area contributed by atoms with Gasteiger partial charge in [0.05, 0.1) is 7.11 Å². The molecule has 5 nitrogen and oxygen atoms in total. The minimum absolute atomic E-state index is 0.0318. The number of ketones is 1. The first kappa shape index (κ1) is 16.4. The first-order valence-electron chi connectivity index (χ1n) is 7.39. The summed E-state index contributed by atoms with van der Waals surface area (Å²) in [7, 11) is 1.37. The van der Waals surface area contributed by atoms with Crippen LogP contribution in [-0.4, -0.2) is 49.4 Å². The Morgan fingerprint density at radius 1 is 1.41 bits per heavy atom. The molecule has 0 spiro atoms. The van der Waals surface area contributed by atoms with Crippen LogP contribution in [0.4, 0.5) is 4.39 Å². The van der Waals surface area contributed by atoms with Crippen molar-refractivity contribution in [2.24, 2.45) is 0 Å². The molecule has 1 aromatic carbocycles. The van der Waals surface area contributed by atoms with Crippen LogP contribution in [0.2, 0.25) is 0 Å². The van der Waals surface area contributed by atoms with Crippen molar-refractivity contribution in [2.75, 3.05) is 26.7 Å². The third kappa shape index (κ3) is 4.04. The predicted octanol–water partition coefficient (Wildman–Crippen LogP) is 1.62. The summed E-state index contributed by atoms with van der Waals surface area (Å²) in [5, 5.41) is 3.26.